The molecule has 9 atom stereocenters. The highest BCUT2D eigenvalue weighted by Gasteiger charge is 2.45. The Morgan fingerprint density at radius 1 is 0.662 bits per heavy atom. The lowest BCUT2D eigenvalue weighted by Gasteiger charge is -2.40. The molecular weight excluding hydrogens is 869 g/mol. The number of allylic oxidation sites excluding steroid dienone is 18. The second kappa shape index (κ2) is 16.8. The van der Waals surface area contributed by atoms with Crippen molar-refractivity contribution in [2.45, 2.75) is 88.1 Å². The molecule has 0 bridgehead atoms. The highest BCUT2D eigenvalue weighted by molar-refractivity contribution is 5.99. The number of benzene rings is 3. The largest absolute Gasteiger partial charge is 0.484 e. The van der Waals surface area contributed by atoms with E-state index in [1.807, 2.05) is 0 Å². The average molecular weight is 927 g/mol. The standard InChI is InChI=1S/C66H58N2O3/c1-2-13-44(14-3-1)68-58-24-7-4-17-57(58)62-59(68)40-39-56-55-23-12-20-50(65(55)71-66(56)62)43-31-37-47(38-32-43)67(45-33-27-41(28-34-45)48-18-10-21-53-51-15-5-8-25-60(51)69-63(48)53)46-35-29-42(30-36-46)49-19-11-22-54-52-16-6-9-26-61(52)70-64(49)54/h1-6,8,10-21,23,25,27,29-31,33,35-37,39-41,45,48,51,54-55,60,63,65H,7,9,22,24,26,28,32,34,38H2. The van der Waals surface area contributed by atoms with E-state index in [1.165, 1.54) is 84.0 Å². The molecule has 5 nitrogen and oxygen atoms in total. The summed E-state index contributed by atoms with van der Waals surface area (Å²) in [5.41, 5.74) is 17.0. The van der Waals surface area contributed by atoms with Crippen LogP contribution in [0, 0.1) is 23.7 Å². The fourth-order valence-corrected chi connectivity index (χ4v) is 14.1. The average Bonchev–Trinajstić information content (AvgIpc) is 4.21. The highest BCUT2D eigenvalue weighted by atomic mass is 16.5. The van der Waals surface area contributed by atoms with Gasteiger partial charge in [-0.1, -0.05) is 152 Å². The van der Waals surface area contributed by atoms with Crippen LogP contribution in [0.4, 0.5) is 5.69 Å². The third-order valence-electron chi connectivity index (χ3n) is 17.5. The van der Waals surface area contributed by atoms with E-state index < -0.39 is 0 Å². The highest BCUT2D eigenvalue weighted by Crippen LogP contribution is 2.53. The Morgan fingerprint density at radius 2 is 1.54 bits per heavy atom. The normalized spacial score (nSPS) is 30.1. The van der Waals surface area contributed by atoms with Crippen molar-refractivity contribution in [1.82, 2.24) is 4.57 Å². The lowest BCUT2D eigenvalue weighted by atomic mass is 9.74. The van der Waals surface area contributed by atoms with E-state index in [1.54, 1.807) is 0 Å². The summed E-state index contributed by atoms with van der Waals surface area (Å²) in [6.07, 6.45) is 56.1. The van der Waals surface area contributed by atoms with Crippen molar-refractivity contribution in [3.8, 4) is 11.4 Å². The maximum Gasteiger partial charge on any atom is 0.134 e. The summed E-state index contributed by atoms with van der Waals surface area (Å²) in [6.45, 7) is 0. The summed E-state index contributed by atoms with van der Waals surface area (Å²) in [6, 6.07) is 25.2. The van der Waals surface area contributed by atoms with Gasteiger partial charge in [0.2, 0.25) is 0 Å². The molecule has 0 N–H and O–H groups in total. The Labute approximate surface area is 417 Å². The van der Waals surface area contributed by atoms with Crippen molar-refractivity contribution in [3.63, 3.8) is 0 Å². The first-order chi connectivity index (χ1) is 35.2. The fourth-order valence-electron chi connectivity index (χ4n) is 14.1. The Morgan fingerprint density at radius 3 is 2.42 bits per heavy atom. The third-order valence-corrected chi connectivity index (χ3v) is 17.5. The van der Waals surface area contributed by atoms with Crippen molar-refractivity contribution in [2.24, 2.45) is 23.7 Å². The molecule has 0 radical (unpaired) electrons. The summed E-state index contributed by atoms with van der Waals surface area (Å²) in [4.78, 5) is 2.65. The molecule has 9 unspecified atom stereocenters. The van der Waals surface area contributed by atoms with E-state index in [0.717, 1.165) is 69.3 Å². The smallest absolute Gasteiger partial charge is 0.134 e. The lowest BCUT2D eigenvalue weighted by Crippen LogP contribution is -2.38. The number of nitrogens with zero attached hydrogens (tertiary/aromatic N) is 2. The van der Waals surface area contributed by atoms with Gasteiger partial charge < -0.3 is 23.7 Å². The number of ether oxygens (including phenoxy) is 3. The van der Waals surface area contributed by atoms with Crippen LogP contribution in [0.15, 0.2) is 222 Å². The molecule has 11 aliphatic rings. The van der Waals surface area contributed by atoms with Crippen LogP contribution in [0.3, 0.4) is 0 Å². The van der Waals surface area contributed by atoms with E-state index in [4.69, 9.17) is 14.2 Å². The minimum atomic E-state index is -0.0552. The van der Waals surface area contributed by atoms with Gasteiger partial charge in [0, 0.05) is 80.5 Å². The molecule has 350 valence electrons. The van der Waals surface area contributed by atoms with Crippen LogP contribution in [0.25, 0.3) is 28.2 Å². The van der Waals surface area contributed by atoms with E-state index in [2.05, 4.69) is 198 Å². The number of fused-ring (bicyclic) bond motifs is 12. The molecule has 4 heterocycles. The Kier molecular flexibility index (Phi) is 9.85. The van der Waals surface area contributed by atoms with E-state index in [-0.39, 0.29) is 30.3 Å². The first-order valence-corrected chi connectivity index (χ1v) is 26.5. The van der Waals surface area contributed by atoms with Gasteiger partial charge in [-0.2, -0.15) is 0 Å². The summed E-state index contributed by atoms with van der Waals surface area (Å²) in [5.74, 6) is 4.98. The van der Waals surface area contributed by atoms with Crippen molar-refractivity contribution in [2.75, 3.05) is 4.90 Å². The SMILES string of the molecule is C1=CC2OC3C(=CC=CC3C3C=CC(N(C4=CC=C(C5=CC=CC6c7ccc8c(c9c(n8-c8ccccc8)CCC=C9)c7OC56)CC4)c4ccc(C5=C6OC7=C(C=CCC7)C6CC=C5)cc4)CC3)C2C=C1. The maximum atomic E-state index is 7.28. The molecule has 71 heavy (non-hydrogen) atoms. The predicted molar refractivity (Wildman–Crippen MR) is 287 cm³/mol. The number of rotatable bonds is 7. The van der Waals surface area contributed by atoms with E-state index >= 15 is 0 Å². The molecule has 8 aliphatic carbocycles. The van der Waals surface area contributed by atoms with Gasteiger partial charge in [0.25, 0.3) is 0 Å². The number of anilines is 1. The van der Waals surface area contributed by atoms with Gasteiger partial charge in [0.1, 0.15) is 23.4 Å². The van der Waals surface area contributed by atoms with Gasteiger partial charge in [-0.25, -0.2) is 0 Å². The topological polar surface area (TPSA) is 35.9 Å². The summed E-state index contributed by atoms with van der Waals surface area (Å²) in [5, 5.41) is 1.25. The Hall–Kier alpha value is -7.08. The minimum absolute atomic E-state index is 0.0552. The number of aromatic nitrogens is 1. The molecule has 1 aromatic heterocycles. The third kappa shape index (κ3) is 6.68. The van der Waals surface area contributed by atoms with Crippen molar-refractivity contribution in [1.29, 1.82) is 0 Å². The number of hydrogen-bond acceptors (Lipinski definition) is 4. The second-order valence-corrected chi connectivity index (χ2v) is 21.2. The minimum Gasteiger partial charge on any atom is -0.484 e. The van der Waals surface area contributed by atoms with Gasteiger partial charge in [-0.3, -0.25) is 0 Å². The van der Waals surface area contributed by atoms with Gasteiger partial charge in [-0.05, 0) is 116 Å². The fraction of sp³-hybridized carbons (Fsp3) is 0.273. The summed E-state index contributed by atoms with van der Waals surface area (Å²) in [7, 11) is 0. The molecular formula is C66H58N2O3. The zero-order valence-corrected chi connectivity index (χ0v) is 40.1. The van der Waals surface area contributed by atoms with Crippen LogP contribution in [-0.4, -0.2) is 28.9 Å². The molecule has 0 amide bonds. The summed E-state index contributed by atoms with van der Waals surface area (Å²) < 4.78 is 23.2. The van der Waals surface area contributed by atoms with Crippen LogP contribution >= 0.6 is 0 Å². The molecule has 1 fully saturated rings. The first kappa shape index (κ1) is 41.7. The van der Waals surface area contributed by atoms with Gasteiger partial charge in [-0.15, -0.1) is 0 Å². The van der Waals surface area contributed by atoms with E-state index in [9.17, 15) is 0 Å². The molecule has 4 aromatic rings. The van der Waals surface area contributed by atoms with Crippen molar-refractivity contribution in [3.05, 3.63) is 244 Å². The summed E-state index contributed by atoms with van der Waals surface area (Å²) >= 11 is 0. The number of para-hydroxylation sites is 1. The van der Waals surface area contributed by atoms with Crippen molar-refractivity contribution < 1.29 is 14.2 Å². The van der Waals surface area contributed by atoms with Crippen LogP contribution in [0.1, 0.15) is 79.7 Å². The molecule has 3 aliphatic heterocycles. The second-order valence-electron chi connectivity index (χ2n) is 21.2. The van der Waals surface area contributed by atoms with E-state index in [0.29, 0.717) is 23.7 Å². The van der Waals surface area contributed by atoms with Gasteiger partial charge >= 0.3 is 0 Å². The first-order valence-electron chi connectivity index (χ1n) is 26.5. The van der Waals surface area contributed by atoms with Crippen LogP contribution in [0.5, 0.6) is 5.75 Å². The molecule has 5 heteroatoms. The van der Waals surface area contributed by atoms with Crippen LogP contribution in [0.2, 0.25) is 0 Å². The molecule has 0 saturated carbocycles. The molecule has 1 saturated heterocycles. The Balaban J connectivity index is 0.747. The predicted octanol–water partition coefficient (Wildman–Crippen LogP) is 14.9. The Bertz CT molecular complexity index is 3370. The zero-order valence-electron chi connectivity index (χ0n) is 40.1. The quantitative estimate of drug-likeness (QED) is 0.173. The maximum absolute atomic E-state index is 7.28. The molecule has 3 aromatic carbocycles. The monoisotopic (exact) mass is 926 g/mol. The van der Waals surface area contributed by atoms with Crippen molar-refractivity contribution >= 4 is 28.2 Å². The van der Waals surface area contributed by atoms with Gasteiger partial charge in [0.05, 0.1) is 23.8 Å². The van der Waals surface area contributed by atoms with Crippen LogP contribution < -0.4 is 9.64 Å². The van der Waals surface area contributed by atoms with Gasteiger partial charge in [0.15, 0.2) is 0 Å². The molecule has 0 spiro atoms. The zero-order chi connectivity index (χ0) is 46.6. The number of hydrogen-bond donors (Lipinski definition) is 0. The molecule has 15 rings (SSSR count). The lowest BCUT2D eigenvalue weighted by molar-refractivity contribution is 0.0368. The van der Waals surface area contributed by atoms with Crippen LogP contribution in [-0.2, 0) is 15.9 Å².